The molecule has 0 aromatic heterocycles. The summed E-state index contributed by atoms with van der Waals surface area (Å²) in [6.07, 6.45) is -9.25. The van der Waals surface area contributed by atoms with Gasteiger partial charge in [0.25, 0.3) is 0 Å². The van der Waals surface area contributed by atoms with Gasteiger partial charge in [0.15, 0.2) is 0 Å². The lowest BCUT2D eigenvalue weighted by atomic mass is 9.96. The number of halogens is 8. The molecule has 2 aromatic rings. The zero-order valence-corrected chi connectivity index (χ0v) is 27.2. The van der Waals surface area contributed by atoms with Crippen molar-refractivity contribution >= 4 is 47.2 Å². The maximum absolute atomic E-state index is 13.5. The molecule has 51 heavy (non-hydrogen) atoms. The van der Waals surface area contributed by atoms with Crippen LogP contribution in [0.15, 0.2) is 42.5 Å². The van der Waals surface area contributed by atoms with Crippen molar-refractivity contribution in [2.24, 2.45) is 11.7 Å². The quantitative estimate of drug-likeness (QED) is 0.100. The summed E-state index contributed by atoms with van der Waals surface area (Å²) in [5.41, 5.74) is 7.68. The number of hydrogen-bond donors (Lipinski definition) is 7. The van der Waals surface area contributed by atoms with Crippen molar-refractivity contribution in [3.05, 3.63) is 70.0 Å². The molecule has 282 valence electrons. The molecule has 8 N–H and O–H groups in total. The van der Waals surface area contributed by atoms with Crippen LogP contribution in [-0.4, -0.2) is 93.3 Å². The molecule has 2 aromatic carbocycles. The molecule has 1 fully saturated rings. The Morgan fingerprint density at radius 2 is 1.47 bits per heavy atom. The molecule has 13 nitrogen and oxygen atoms in total. The molecular weight excluding hydrogens is 727 g/mol. The van der Waals surface area contributed by atoms with Crippen molar-refractivity contribution < 1.29 is 70.0 Å². The number of aliphatic carboxylic acids is 3. The van der Waals surface area contributed by atoms with Crippen LogP contribution in [0.25, 0.3) is 0 Å². The molecule has 21 heteroatoms. The molecule has 1 aliphatic rings. The van der Waals surface area contributed by atoms with E-state index in [1.165, 1.54) is 6.07 Å². The van der Waals surface area contributed by atoms with Crippen molar-refractivity contribution in [1.29, 1.82) is 5.41 Å². The highest BCUT2D eigenvalue weighted by Crippen LogP contribution is 2.28. The van der Waals surface area contributed by atoms with Crippen molar-refractivity contribution in [2.75, 3.05) is 13.1 Å². The first-order chi connectivity index (χ1) is 23.4. The average Bonchev–Trinajstić information content (AvgIpc) is 3.43. The first kappa shape index (κ1) is 44.0. The Bertz CT molecular complexity index is 1530. The molecule has 1 aliphatic heterocycles. The smallest absolute Gasteiger partial charge is 0.481 e. The number of nitrogens with one attached hydrogen (secondary N) is 3. The molecule has 1 saturated heterocycles. The number of nitrogens with zero attached hydrogens (tertiary/aromatic N) is 1. The highest BCUT2D eigenvalue weighted by atomic mass is 35.5. The van der Waals surface area contributed by atoms with Gasteiger partial charge in [0.1, 0.15) is 17.7 Å². The Morgan fingerprint density at radius 1 is 0.961 bits per heavy atom. The van der Waals surface area contributed by atoms with Gasteiger partial charge in [0, 0.05) is 25.2 Å². The number of rotatable bonds is 11. The van der Waals surface area contributed by atoms with Crippen LogP contribution in [0.2, 0.25) is 5.02 Å². The number of nitrogen functional groups attached to an aromatic ring is 1. The van der Waals surface area contributed by atoms with E-state index in [0.717, 1.165) is 11.1 Å². The van der Waals surface area contributed by atoms with Crippen LogP contribution in [0.5, 0.6) is 0 Å². The van der Waals surface area contributed by atoms with E-state index in [9.17, 15) is 45.1 Å². The number of nitrogens with two attached hydrogens (primary N) is 1. The van der Waals surface area contributed by atoms with Crippen molar-refractivity contribution in [3.63, 3.8) is 0 Å². The number of carboxylic acids is 3. The Kier molecular flexibility index (Phi) is 16.8. The summed E-state index contributed by atoms with van der Waals surface area (Å²) in [4.78, 5) is 56.4. The van der Waals surface area contributed by atoms with Gasteiger partial charge < -0.3 is 31.7 Å². The van der Waals surface area contributed by atoms with Gasteiger partial charge >= 0.3 is 30.3 Å². The number of alkyl halides is 6. The van der Waals surface area contributed by atoms with Crippen LogP contribution in [0, 0.1) is 17.1 Å². The fourth-order valence-corrected chi connectivity index (χ4v) is 4.63. The van der Waals surface area contributed by atoms with Crippen LogP contribution in [0.3, 0.4) is 0 Å². The Balaban J connectivity index is 0.000000780. The van der Waals surface area contributed by atoms with Gasteiger partial charge in [0.05, 0.1) is 17.5 Å². The molecule has 0 saturated carbocycles. The van der Waals surface area contributed by atoms with Crippen molar-refractivity contribution in [2.45, 2.75) is 57.2 Å². The first-order valence-corrected chi connectivity index (χ1v) is 14.8. The molecule has 0 spiro atoms. The third-order valence-electron chi connectivity index (χ3n) is 6.88. The number of likely N-dealkylation sites (tertiary alicyclic amines) is 1. The minimum atomic E-state index is -5.08. The molecule has 2 amide bonds. The van der Waals surface area contributed by atoms with E-state index in [4.69, 9.17) is 47.7 Å². The fourth-order valence-electron chi connectivity index (χ4n) is 4.42. The predicted molar refractivity (Wildman–Crippen MR) is 165 cm³/mol. The molecule has 1 heterocycles. The maximum atomic E-state index is 13.5. The van der Waals surface area contributed by atoms with Crippen molar-refractivity contribution in [1.82, 2.24) is 15.5 Å². The Morgan fingerprint density at radius 3 is 1.92 bits per heavy atom. The summed E-state index contributed by atoms with van der Waals surface area (Å²) >= 11 is 5.90. The van der Waals surface area contributed by atoms with E-state index in [1.54, 1.807) is 43.3 Å². The monoisotopic (exact) mass is 759 g/mol. The number of amides is 2. The van der Waals surface area contributed by atoms with E-state index in [0.29, 0.717) is 24.9 Å². The third-order valence-corrected chi connectivity index (χ3v) is 7.17. The summed E-state index contributed by atoms with van der Waals surface area (Å²) < 4.78 is 77.0. The van der Waals surface area contributed by atoms with Crippen LogP contribution in [0.1, 0.15) is 36.5 Å². The third kappa shape index (κ3) is 16.1. The number of benzene rings is 2. The zero-order valence-electron chi connectivity index (χ0n) is 26.4. The zero-order chi connectivity index (χ0) is 39.3. The second-order valence-corrected chi connectivity index (χ2v) is 11.3. The van der Waals surface area contributed by atoms with Crippen LogP contribution in [-0.2, 0) is 36.9 Å². The van der Waals surface area contributed by atoms with Crippen LogP contribution < -0.4 is 16.4 Å². The molecule has 1 unspecified atom stereocenters. The second kappa shape index (κ2) is 19.4. The lowest BCUT2D eigenvalue weighted by molar-refractivity contribution is -0.193. The highest BCUT2D eigenvalue weighted by Gasteiger charge is 2.39. The van der Waals surface area contributed by atoms with E-state index in [-0.39, 0.29) is 48.1 Å². The van der Waals surface area contributed by atoms with Crippen LogP contribution in [0.4, 0.5) is 30.7 Å². The van der Waals surface area contributed by atoms with Gasteiger partial charge in [-0.05, 0) is 48.9 Å². The largest absolute Gasteiger partial charge is 0.490 e. The van der Waals surface area contributed by atoms with Gasteiger partial charge in [-0.3, -0.25) is 24.7 Å². The molecular formula is C30H33ClF7N5O8. The van der Waals surface area contributed by atoms with E-state index in [2.05, 4.69) is 10.6 Å². The number of carboxylic acid groups (broad SMARTS) is 3. The normalized spacial score (nSPS) is 16.3. The minimum absolute atomic E-state index is 0.0298. The molecule has 0 aliphatic carbocycles. The summed E-state index contributed by atoms with van der Waals surface area (Å²) in [6.45, 7) is 2.52. The maximum Gasteiger partial charge on any atom is 0.490 e. The van der Waals surface area contributed by atoms with Gasteiger partial charge in [-0.25, -0.2) is 14.0 Å². The number of carbonyl (C=O) groups excluding carboxylic acids is 2. The number of carbonyl (C=O) groups is 5. The second-order valence-electron chi connectivity index (χ2n) is 10.9. The Labute approximate surface area is 290 Å². The highest BCUT2D eigenvalue weighted by molar-refractivity contribution is 6.30. The lowest BCUT2D eigenvalue weighted by Gasteiger charge is -2.24. The molecule has 0 bridgehead atoms. The van der Waals surface area contributed by atoms with Crippen LogP contribution >= 0.6 is 11.6 Å². The first-order valence-electron chi connectivity index (χ1n) is 14.4. The van der Waals surface area contributed by atoms with E-state index in [1.807, 2.05) is 4.90 Å². The topological polar surface area (TPSA) is 223 Å². The predicted octanol–water partition coefficient (Wildman–Crippen LogP) is 3.56. The lowest BCUT2D eigenvalue weighted by Crippen LogP contribution is -2.51. The summed E-state index contributed by atoms with van der Waals surface area (Å²) in [5, 5.41) is 36.4. The fraction of sp³-hybridized carbons (Fsp3) is 0.400. The van der Waals surface area contributed by atoms with E-state index >= 15 is 0 Å². The average molecular weight is 760 g/mol. The van der Waals surface area contributed by atoms with E-state index < -0.39 is 48.2 Å². The Hall–Kier alpha value is -4.98. The van der Waals surface area contributed by atoms with Gasteiger partial charge in [-0.2, -0.15) is 26.3 Å². The number of hydrogen-bond acceptors (Lipinski definition) is 7. The summed E-state index contributed by atoms with van der Waals surface area (Å²) in [5.74, 6) is -7.70. The van der Waals surface area contributed by atoms with Gasteiger partial charge in [-0.1, -0.05) is 41.9 Å². The SMILES string of the molecule is CC(NC(=O)[C@H]1C[C@H](Cc2ccc(F)c(Cl)c2)CN1CCC(=O)O)C(=O)NCc1ccc(C(=N)N)cc1.O=C(O)C(F)(F)F.O=C(O)C(F)(F)F. The minimum Gasteiger partial charge on any atom is -0.481 e. The standard InChI is InChI=1S/C26H31ClFN5O4.2C2HF3O2/c1-15(25(36)31-13-16-2-5-19(6-3-16)24(29)30)32-26(37)22-12-18(14-33(22)9-8-23(34)35)10-17-4-7-21(28)20(27)11-17;2*3-2(4,5)1(6)7/h2-7,11,15,18,22H,8-10,12-14H2,1H3,(H3,29,30)(H,31,36)(H,32,37)(H,34,35);2*(H,6,7)/t15?,18-,22+;;/m0../s1. The van der Waals surface area contributed by atoms with Crippen molar-refractivity contribution in [3.8, 4) is 0 Å². The molecule has 3 atom stereocenters. The summed E-state index contributed by atoms with van der Waals surface area (Å²) in [7, 11) is 0. The van der Waals surface area contributed by atoms with Gasteiger partial charge in [-0.15, -0.1) is 0 Å². The molecule has 0 radical (unpaired) electrons. The summed E-state index contributed by atoms with van der Waals surface area (Å²) in [6, 6.07) is 10.0. The number of amidine groups is 1. The van der Waals surface area contributed by atoms with Gasteiger partial charge in [0.2, 0.25) is 11.8 Å². The molecule has 3 rings (SSSR count).